The monoisotopic (exact) mass is 593 g/mol. The molecule has 3 unspecified atom stereocenters. The van der Waals surface area contributed by atoms with E-state index in [-0.39, 0.29) is 43.9 Å². The molecule has 1 aliphatic carbocycles. The molecule has 1 heterocycles. The summed E-state index contributed by atoms with van der Waals surface area (Å²) in [5.74, 6) is 1.08. The van der Waals surface area contributed by atoms with Gasteiger partial charge in [0, 0.05) is 63.2 Å². The molecule has 3 rings (SSSR count). The van der Waals surface area contributed by atoms with E-state index in [2.05, 4.69) is 40.1 Å². The molecule has 1 amide bonds. The molecular weight excluding hydrogens is 540 g/mol. The molecule has 0 bridgehead atoms. The number of hydrogen-bond acceptors (Lipinski definition) is 8. The van der Waals surface area contributed by atoms with E-state index in [0.717, 1.165) is 49.8 Å². The van der Waals surface area contributed by atoms with Crippen LogP contribution in [0.2, 0.25) is 0 Å². The summed E-state index contributed by atoms with van der Waals surface area (Å²) in [7, 11) is 0. The molecule has 1 fully saturated rings. The number of fused-ring (bicyclic) bond motifs is 1. The highest BCUT2D eigenvalue weighted by Crippen LogP contribution is 2.25. The summed E-state index contributed by atoms with van der Waals surface area (Å²) in [5, 5.41) is 62.1. The summed E-state index contributed by atoms with van der Waals surface area (Å²) in [6, 6.07) is 6.06. The number of hydrogen-bond donors (Lipinski definition) is 7. The van der Waals surface area contributed by atoms with Gasteiger partial charge in [-0.3, -0.25) is 9.69 Å². The molecule has 42 heavy (non-hydrogen) atoms. The Morgan fingerprint density at radius 1 is 1.00 bits per heavy atom. The van der Waals surface area contributed by atoms with Crippen LogP contribution in [0.4, 0.5) is 0 Å². The second-order valence-electron chi connectivity index (χ2n) is 11.8. The van der Waals surface area contributed by atoms with Gasteiger partial charge in [-0.25, -0.2) is 9.13 Å². The van der Waals surface area contributed by atoms with E-state index in [1.807, 2.05) is 18.2 Å². The number of aromatic nitrogens is 2. The van der Waals surface area contributed by atoms with Crippen LogP contribution >= 0.6 is 0 Å². The van der Waals surface area contributed by atoms with Crippen LogP contribution in [0.25, 0.3) is 11.0 Å². The lowest BCUT2D eigenvalue weighted by Gasteiger charge is -2.38. The molecule has 1 aromatic heterocycles. The molecule has 11 heteroatoms. The Hall–Kier alpha value is -2.12. The van der Waals surface area contributed by atoms with Crippen molar-refractivity contribution in [1.29, 1.82) is 0 Å². The fraction of sp³-hybridized carbons (Fsp3) is 0.742. The smallest absolute Gasteiger partial charge is 0.254 e. The predicted octanol–water partition coefficient (Wildman–Crippen LogP) is 0.609. The van der Waals surface area contributed by atoms with Crippen LogP contribution in [0.1, 0.15) is 81.4 Å². The van der Waals surface area contributed by atoms with E-state index in [0.29, 0.717) is 25.1 Å². The van der Waals surface area contributed by atoms with Crippen LogP contribution in [0.15, 0.2) is 18.2 Å². The van der Waals surface area contributed by atoms with E-state index in [9.17, 15) is 25.2 Å². The van der Waals surface area contributed by atoms with Crippen LogP contribution in [0.3, 0.4) is 0 Å². The third-order valence-corrected chi connectivity index (χ3v) is 8.74. The number of benzene rings is 1. The van der Waals surface area contributed by atoms with Crippen molar-refractivity contribution in [2.75, 3.05) is 26.3 Å². The number of rotatable bonds is 17. The molecule has 0 saturated heterocycles. The van der Waals surface area contributed by atoms with Gasteiger partial charge in [0.15, 0.2) is 11.0 Å². The van der Waals surface area contributed by atoms with Crippen LogP contribution in [-0.2, 0) is 13.1 Å². The summed E-state index contributed by atoms with van der Waals surface area (Å²) in [6.45, 7) is 8.27. The number of carbonyl (C=O) groups is 1. The molecule has 2 aromatic rings. The Balaban J connectivity index is 1.61. The van der Waals surface area contributed by atoms with Crippen LogP contribution < -0.4 is 9.88 Å². The molecule has 4 atom stereocenters. The average Bonchev–Trinajstić information content (AvgIpc) is 3.24. The number of aliphatic hydroxyl groups excluding tert-OH is 6. The zero-order valence-electron chi connectivity index (χ0n) is 25.5. The standard InChI is InChI=1S/C31H52N4O7/c1-4-34-21(3)35(5-2)30-16-22(6-11-29(30)34)31(42)32-23-7-9-24(10-8-23)33(14-12-25(38)18-28(41)20-37)19-27(40)17-26(39)13-15-36/h6,11,16,23-28,36-41H,4-5,7-10,12-15,17-20H2,1-3H3/p+1/t23-,24+,25?,26-,27?,28?/m1/s1. The zero-order valence-corrected chi connectivity index (χ0v) is 25.5. The van der Waals surface area contributed by atoms with Gasteiger partial charge >= 0.3 is 0 Å². The summed E-state index contributed by atoms with van der Waals surface area (Å²) in [5.41, 5.74) is 2.82. The van der Waals surface area contributed by atoms with Crippen molar-refractivity contribution in [3.63, 3.8) is 0 Å². The van der Waals surface area contributed by atoms with Crippen LogP contribution in [0, 0.1) is 6.92 Å². The van der Waals surface area contributed by atoms with Crippen LogP contribution in [0.5, 0.6) is 0 Å². The first-order chi connectivity index (χ1) is 20.1. The molecule has 0 aliphatic heterocycles. The minimum Gasteiger partial charge on any atom is -0.396 e. The number of carbonyl (C=O) groups excluding carboxylic acids is 1. The first-order valence-corrected chi connectivity index (χ1v) is 15.6. The number of imidazole rings is 1. The summed E-state index contributed by atoms with van der Waals surface area (Å²) in [6.07, 6.45) is 0.627. The number of nitrogens with zero attached hydrogens (tertiary/aromatic N) is 3. The van der Waals surface area contributed by atoms with Gasteiger partial charge in [0.1, 0.15) is 0 Å². The lowest BCUT2D eigenvalue weighted by molar-refractivity contribution is -0.674. The van der Waals surface area contributed by atoms with E-state index in [1.54, 1.807) is 0 Å². The van der Waals surface area contributed by atoms with Gasteiger partial charge < -0.3 is 36.0 Å². The first-order valence-electron chi connectivity index (χ1n) is 15.6. The highest BCUT2D eigenvalue weighted by atomic mass is 16.3. The van der Waals surface area contributed by atoms with Gasteiger partial charge in [0.25, 0.3) is 11.7 Å². The lowest BCUT2D eigenvalue weighted by atomic mass is 9.89. The van der Waals surface area contributed by atoms with Crippen molar-refractivity contribution in [1.82, 2.24) is 14.8 Å². The minimum atomic E-state index is -0.977. The lowest BCUT2D eigenvalue weighted by Crippen LogP contribution is -2.47. The normalized spacial score (nSPS) is 20.5. The quantitative estimate of drug-likeness (QED) is 0.131. The van der Waals surface area contributed by atoms with Gasteiger partial charge in [0.05, 0.1) is 44.1 Å². The fourth-order valence-corrected chi connectivity index (χ4v) is 6.43. The van der Waals surface area contributed by atoms with Gasteiger partial charge in [-0.05, 0) is 64.5 Å². The maximum Gasteiger partial charge on any atom is 0.254 e. The van der Waals surface area contributed by atoms with Crippen molar-refractivity contribution in [3.05, 3.63) is 29.6 Å². The molecule has 1 aliphatic rings. The van der Waals surface area contributed by atoms with E-state index < -0.39 is 31.0 Å². The SMILES string of the molecule is CCn1c(C)[n+](CC)c2ccc(C(=O)N[C@H]3CC[C@@H](N(CCC(O)CC(O)CO)CC(O)C[C@H](O)CCO)CC3)cc21. The number of amides is 1. The number of nitrogens with one attached hydrogen (secondary N) is 1. The van der Waals surface area contributed by atoms with Crippen molar-refractivity contribution in [2.24, 2.45) is 0 Å². The van der Waals surface area contributed by atoms with Crippen molar-refractivity contribution in [3.8, 4) is 0 Å². The van der Waals surface area contributed by atoms with E-state index in [1.165, 1.54) is 5.82 Å². The summed E-state index contributed by atoms with van der Waals surface area (Å²) < 4.78 is 4.49. The molecule has 0 radical (unpaired) electrons. The molecule has 11 nitrogen and oxygen atoms in total. The van der Waals surface area contributed by atoms with Gasteiger partial charge in [0.2, 0.25) is 0 Å². The van der Waals surface area contributed by atoms with Crippen molar-refractivity contribution in [2.45, 2.75) is 122 Å². The second-order valence-corrected chi connectivity index (χ2v) is 11.8. The van der Waals surface area contributed by atoms with Crippen molar-refractivity contribution < 1.29 is 40.0 Å². The third-order valence-electron chi connectivity index (χ3n) is 8.74. The average molecular weight is 594 g/mol. The topological polar surface area (TPSA) is 163 Å². The third kappa shape index (κ3) is 9.19. The predicted molar refractivity (Wildman–Crippen MR) is 160 cm³/mol. The number of aliphatic hydroxyl groups is 6. The Kier molecular flexibility index (Phi) is 13.6. The van der Waals surface area contributed by atoms with Crippen molar-refractivity contribution >= 4 is 16.9 Å². The largest absolute Gasteiger partial charge is 0.396 e. The highest BCUT2D eigenvalue weighted by Gasteiger charge is 2.29. The van der Waals surface area contributed by atoms with Gasteiger partial charge in [-0.2, -0.15) is 0 Å². The molecular formula is C31H53N4O7+. The number of aryl methyl sites for hydroxylation is 2. The summed E-state index contributed by atoms with van der Waals surface area (Å²) in [4.78, 5) is 15.4. The summed E-state index contributed by atoms with van der Waals surface area (Å²) >= 11 is 0. The maximum absolute atomic E-state index is 13.2. The Bertz CT molecular complexity index is 1120. The fourth-order valence-electron chi connectivity index (χ4n) is 6.43. The van der Waals surface area contributed by atoms with Gasteiger partial charge in [-0.15, -0.1) is 0 Å². The van der Waals surface area contributed by atoms with E-state index >= 15 is 0 Å². The molecule has 0 spiro atoms. The molecule has 7 N–H and O–H groups in total. The zero-order chi connectivity index (χ0) is 30.8. The second kappa shape index (κ2) is 16.7. The van der Waals surface area contributed by atoms with Gasteiger partial charge in [-0.1, -0.05) is 0 Å². The Morgan fingerprint density at radius 2 is 1.67 bits per heavy atom. The first kappa shape index (κ1) is 34.4. The van der Waals surface area contributed by atoms with Crippen LogP contribution in [-0.4, -0.2) is 109 Å². The molecule has 1 saturated carbocycles. The van der Waals surface area contributed by atoms with E-state index in [4.69, 9.17) is 10.2 Å². The Labute approximate surface area is 249 Å². The highest BCUT2D eigenvalue weighted by molar-refractivity contribution is 5.97. The minimum absolute atomic E-state index is 0.0353. The molecule has 238 valence electrons. The maximum atomic E-state index is 13.2. The Morgan fingerprint density at radius 3 is 2.29 bits per heavy atom. The molecule has 1 aromatic carbocycles.